The first-order valence-corrected chi connectivity index (χ1v) is 10.9. The fourth-order valence-electron chi connectivity index (χ4n) is 3.94. The summed E-state index contributed by atoms with van der Waals surface area (Å²) in [5.74, 6) is -2.01. The minimum Gasteiger partial charge on any atom is -0.503 e. The number of carbonyl (C=O) groups is 2. The fourth-order valence-corrected chi connectivity index (χ4v) is 3.94. The van der Waals surface area contributed by atoms with E-state index in [9.17, 15) is 27.9 Å². The van der Waals surface area contributed by atoms with Gasteiger partial charge in [0.2, 0.25) is 0 Å². The molecule has 6 nitrogen and oxygen atoms in total. The summed E-state index contributed by atoms with van der Waals surface area (Å²) in [6.07, 6.45) is -4.55. The summed E-state index contributed by atoms with van der Waals surface area (Å²) in [6.45, 7) is 5.70. The lowest BCUT2D eigenvalue weighted by atomic mass is 9.91. The van der Waals surface area contributed by atoms with E-state index in [2.05, 4.69) is 10.2 Å². The number of hydrogen-bond acceptors (Lipinski definition) is 5. The minimum atomic E-state index is -4.55. The Hall–Kier alpha value is -4.01. The first kappa shape index (κ1) is 24.1. The summed E-state index contributed by atoms with van der Waals surface area (Å²) >= 11 is 0. The predicted octanol–water partition coefficient (Wildman–Crippen LogP) is 5.71. The lowest BCUT2D eigenvalue weighted by Gasteiger charge is -2.26. The topological polar surface area (TPSA) is 83.4 Å². The van der Waals surface area contributed by atoms with Crippen LogP contribution in [0.5, 0.6) is 0 Å². The maximum absolute atomic E-state index is 13.5. The standard InChI is InChI=1S/C26H22F3N3O3/c1-14(2)16-5-7-18(8-6-16)23(33)21-22(17-9-11-19(12-10-17)26(27,28)29)32(25(35)24(21)34)20-13-4-15(3)30-31-20/h4-14,22,34H,1-3H3/t22-/m0/s1. The molecule has 0 bridgehead atoms. The van der Waals surface area contributed by atoms with Crippen molar-refractivity contribution in [1.29, 1.82) is 0 Å². The maximum Gasteiger partial charge on any atom is 0.416 e. The highest BCUT2D eigenvalue weighted by molar-refractivity contribution is 6.20. The van der Waals surface area contributed by atoms with Crippen LogP contribution in [0.1, 0.15) is 58.5 Å². The second-order valence-electron chi connectivity index (χ2n) is 8.60. The van der Waals surface area contributed by atoms with Gasteiger partial charge in [0.1, 0.15) is 0 Å². The molecule has 0 spiro atoms. The van der Waals surface area contributed by atoms with Gasteiger partial charge in [-0.3, -0.25) is 14.5 Å². The van der Waals surface area contributed by atoms with E-state index in [1.165, 1.54) is 18.2 Å². The number of halogens is 3. The quantitative estimate of drug-likeness (QED) is 0.472. The molecule has 0 fully saturated rings. The molecule has 1 aliphatic rings. The molecular weight excluding hydrogens is 459 g/mol. The van der Waals surface area contributed by atoms with E-state index in [-0.39, 0.29) is 28.4 Å². The molecule has 2 aromatic carbocycles. The van der Waals surface area contributed by atoms with Crippen molar-refractivity contribution in [1.82, 2.24) is 10.2 Å². The number of amides is 1. The van der Waals surface area contributed by atoms with Crippen molar-refractivity contribution in [3.05, 3.63) is 99.9 Å². The van der Waals surface area contributed by atoms with Gasteiger partial charge in [-0.1, -0.05) is 50.2 Å². The van der Waals surface area contributed by atoms with Crippen molar-refractivity contribution in [2.24, 2.45) is 0 Å². The molecule has 1 atom stereocenters. The Kier molecular flexibility index (Phi) is 6.19. The second-order valence-corrected chi connectivity index (χ2v) is 8.60. The number of nitrogens with zero attached hydrogens (tertiary/aromatic N) is 3. The number of hydrogen-bond donors (Lipinski definition) is 1. The average Bonchev–Trinajstić information content (AvgIpc) is 3.09. The van der Waals surface area contributed by atoms with Crippen molar-refractivity contribution in [2.45, 2.75) is 38.9 Å². The summed E-state index contributed by atoms with van der Waals surface area (Å²) in [6, 6.07) is 12.8. The lowest BCUT2D eigenvalue weighted by molar-refractivity contribution is -0.137. The van der Waals surface area contributed by atoms with Crippen LogP contribution in [-0.4, -0.2) is 27.0 Å². The number of aromatic nitrogens is 2. The van der Waals surface area contributed by atoms with Gasteiger partial charge in [0.25, 0.3) is 5.91 Å². The van der Waals surface area contributed by atoms with Crippen LogP contribution in [0.25, 0.3) is 0 Å². The molecule has 3 aromatic rings. The number of Topliss-reactive ketones (excluding diaryl/α,β-unsaturated/α-hetero) is 1. The minimum absolute atomic E-state index is 0.0509. The van der Waals surface area contributed by atoms with E-state index in [1.807, 2.05) is 13.8 Å². The normalized spacial score (nSPS) is 16.4. The van der Waals surface area contributed by atoms with E-state index in [0.717, 1.165) is 22.6 Å². The summed E-state index contributed by atoms with van der Waals surface area (Å²) in [4.78, 5) is 27.7. The Labute approximate surface area is 199 Å². The summed E-state index contributed by atoms with van der Waals surface area (Å²) in [7, 11) is 0. The number of rotatable bonds is 5. The molecule has 0 unspecified atom stereocenters. The van der Waals surface area contributed by atoms with Crippen LogP contribution in [0.15, 0.2) is 72.0 Å². The van der Waals surface area contributed by atoms with Crippen LogP contribution in [-0.2, 0) is 11.0 Å². The van der Waals surface area contributed by atoms with Crippen molar-refractivity contribution in [2.75, 3.05) is 4.90 Å². The number of ketones is 1. The Morgan fingerprint density at radius 3 is 2.11 bits per heavy atom. The summed E-state index contributed by atoms with van der Waals surface area (Å²) in [5.41, 5.74) is 0.896. The lowest BCUT2D eigenvalue weighted by Crippen LogP contribution is -2.32. The number of aliphatic hydroxyl groups excluding tert-OH is 1. The van der Waals surface area contributed by atoms with Crippen molar-refractivity contribution < 1.29 is 27.9 Å². The van der Waals surface area contributed by atoms with Gasteiger partial charge < -0.3 is 5.11 Å². The molecule has 1 amide bonds. The molecule has 1 aromatic heterocycles. The first-order valence-electron chi connectivity index (χ1n) is 10.9. The van der Waals surface area contributed by atoms with Gasteiger partial charge in [0.15, 0.2) is 17.4 Å². The Morgan fingerprint density at radius 2 is 1.60 bits per heavy atom. The fraction of sp³-hybridized carbons (Fsp3) is 0.231. The summed E-state index contributed by atoms with van der Waals surface area (Å²) in [5, 5.41) is 18.7. The van der Waals surface area contributed by atoms with E-state index in [4.69, 9.17) is 0 Å². The van der Waals surface area contributed by atoms with Crippen LogP contribution >= 0.6 is 0 Å². The van der Waals surface area contributed by atoms with Crippen molar-refractivity contribution >= 4 is 17.5 Å². The van der Waals surface area contributed by atoms with Gasteiger partial charge in [-0.15, -0.1) is 5.10 Å². The highest BCUT2D eigenvalue weighted by atomic mass is 19.4. The van der Waals surface area contributed by atoms with E-state index >= 15 is 0 Å². The molecular formula is C26H22F3N3O3. The van der Waals surface area contributed by atoms with Crippen LogP contribution in [0.2, 0.25) is 0 Å². The molecule has 0 radical (unpaired) electrons. The highest BCUT2D eigenvalue weighted by Crippen LogP contribution is 2.42. The van der Waals surface area contributed by atoms with Gasteiger partial charge >= 0.3 is 6.18 Å². The van der Waals surface area contributed by atoms with Crippen LogP contribution in [0.4, 0.5) is 19.0 Å². The van der Waals surface area contributed by atoms with E-state index in [1.54, 1.807) is 37.3 Å². The third-order valence-electron chi connectivity index (χ3n) is 5.88. The van der Waals surface area contributed by atoms with Gasteiger partial charge in [-0.25, -0.2) is 0 Å². The van der Waals surface area contributed by atoms with Gasteiger partial charge in [-0.05, 0) is 48.2 Å². The Morgan fingerprint density at radius 1 is 0.971 bits per heavy atom. The van der Waals surface area contributed by atoms with Crippen LogP contribution in [0.3, 0.4) is 0 Å². The molecule has 35 heavy (non-hydrogen) atoms. The largest absolute Gasteiger partial charge is 0.503 e. The molecule has 0 saturated heterocycles. The Bertz CT molecular complexity index is 1300. The van der Waals surface area contributed by atoms with Crippen molar-refractivity contribution in [3.8, 4) is 0 Å². The zero-order valence-electron chi connectivity index (χ0n) is 19.2. The monoisotopic (exact) mass is 481 g/mol. The average molecular weight is 481 g/mol. The molecule has 1 aliphatic heterocycles. The zero-order valence-corrected chi connectivity index (χ0v) is 19.2. The number of aliphatic hydroxyl groups is 1. The predicted molar refractivity (Wildman–Crippen MR) is 123 cm³/mol. The molecule has 9 heteroatoms. The van der Waals surface area contributed by atoms with E-state index < -0.39 is 35.2 Å². The molecule has 0 aliphatic carbocycles. The van der Waals surface area contributed by atoms with Crippen LogP contribution < -0.4 is 4.90 Å². The van der Waals surface area contributed by atoms with Gasteiger partial charge in [-0.2, -0.15) is 18.3 Å². The third-order valence-corrected chi connectivity index (χ3v) is 5.88. The van der Waals surface area contributed by atoms with Crippen molar-refractivity contribution in [3.63, 3.8) is 0 Å². The smallest absolute Gasteiger partial charge is 0.416 e. The molecule has 0 saturated carbocycles. The number of carbonyl (C=O) groups excluding carboxylic acids is 2. The zero-order chi connectivity index (χ0) is 25.5. The van der Waals surface area contributed by atoms with Crippen LogP contribution in [0, 0.1) is 6.92 Å². The highest BCUT2D eigenvalue weighted by Gasteiger charge is 2.45. The number of anilines is 1. The molecule has 180 valence electrons. The van der Waals surface area contributed by atoms with Gasteiger partial charge in [0.05, 0.1) is 22.9 Å². The Balaban J connectivity index is 1.83. The SMILES string of the molecule is Cc1ccc(N2C(=O)C(O)=C(C(=O)c3ccc(C(C)C)cc3)[C@@H]2c2ccc(C(F)(F)F)cc2)nn1. The maximum atomic E-state index is 13.5. The second kappa shape index (κ2) is 8.98. The number of benzene rings is 2. The third kappa shape index (κ3) is 4.53. The van der Waals surface area contributed by atoms with Gasteiger partial charge in [0, 0.05) is 5.56 Å². The number of aryl methyl sites for hydroxylation is 1. The molecule has 1 N–H and O–H groups in total. The van der Waals surface area contributed by atoms with E-state index in [0.29, 0.717) is 5.69 Å². The molecule has 2 heterocycles. The number of alkyl halides is 3. The molecule has 4 rings (SSSR count). The first-order chi connectivity index (χ1) is 16.5. The summed E-state index contributed by atoms with van der Waals surface area (Å²) < 4.78 is 39.4.